The first-order chi connectivity index (χ1) is 8.44. The van der Waals surface area contributed by atoms with Gasteiger partial charge in [0.25, 0.3) is 5.92 Å². The van der Waals surface area contributed by atoms with Crippen molar-refractivity contribution >= 4 is 15.9 Å². The second kappa shape index (κ2) is 7.17. The molecule has 0 amide bonds. The largest absolute Gasteiger partial charge is 0.252 e. The number of alkyl halides is 2. The summed E-state index contributed by atoms with van der Waals surface area (Å²) in [5, 5.41) is 0. The predicted octanol–water partition coefficient (Wildman–Crippen LogP) is 5.74. The first kappa shape index (κ1) is 15.5. The lowest BCUT2D eigenvalue weighted by Crippen LogP contribution is -2.20. The van der Waals surface area contributed by atoms with Gasteiger partial charge in [-0.25, -0.2) is 13.2 Å². The van der Waals surface area contributed by atoms with Gasteiger partial charge in [0.15, 0.2) is 0 Å². The van der Waals surface area contributed by atoms with Crippen LogP contribution in [0.15, 0.2) is 22.7 Å². The topological polar surface area (TPSA) is 0 Å². The van der Waals surface area contributed by atoms with Crippen molar-refractivity contribution < 1.29 is 13.2 Å². The number of unbranched alkanes of at least 4 members (excludes halogenated alkanes) is 3. The molecule has 0 nitrogen and oxygen atoms in total. The maximum Gasteiger partial charge on any atom is 0.252 e. The minimum Gasteiger partial charge on any atom is -0.207 e. The fourth-order valence-corrected chi connectivity index (χ4v) is 2.18. The number of hydrogen-bond acceptors (Lipinski definition) is 0. The van der Waals surface area contributed by atoms with Crippen LogP contribution in [0.2, 0.25) is 0 Å². The fraction of sp³-hybridized carbons (Fsp3) is 0.571. The van der Waals surface area contributed by atoms with Gasteiger partial charge >= 0.3 is 0 Å². The lowest BCUT2D eigenvalue weighted by molar-refractivity contribution is -0.0102. The van der Waals surface area contributed by atoms with E-state index < -0.39 is 18.2 Å². The second-order valence-corrected chi connectivity index (χ2v) is 5.49. The summed E-state index contributed by atoms with van der Waals surface area (Å²) < 4.78 is 41.3. The average Bonchev–Trinajstić information content (AvgIpc) is 2.28. The molecule has 0 aromatic heterocycles. The van der Waals surface area contributed by atoms with Gasteiger partial charge in [0, 0.05) is 17.3 Å². The van der Waals surface area contributed by atoms with E-state index in [4.69, 9.17) is 0 Å². The van der Waals surface area contributed by atoms with Crippen LogP contribution in [0.3, 0.4) is 0 Å². The van der Waals surface area contributed by atoms with Gasteiger partial charge in [0.1, 0.15) is 5.82 Å². The third-order valence-electron chi connectivity index (χ3n) is 2.86. The molecule has 0 spiro atoms. The minimum absolute atomic E-state index is 0.0821. The zero-order valence-electron chi connectivity index (χ0n) is 10.5. The summed E-state index contributed by atoms with van der Waals surface area (Å²) >= 11 is 3.11. The van der Waals surface area contributed by atoms with E-state index in [9.17, 15) is 13.2 Å². The molecule has 0 bridgehead atoms. The lowest BCUT2D eigenvalue weighted by Gasteiger charge is -2.16. The molecule has 0 unspecified atom stereocenters. The molecule has 1 aromatic rings. The van der Waals surface area contributed by atoms with Gasteiger partial charge in [-0.15, -0.1) is 0 Å². The highest BCUT2D eigenvalue weighted by Crippen LogP contribution is 2.28. The van der Waals surface area contributed by atoms with Gasteiger partial charge in [-0.3, -0.25) is 0 Å². The van der Waals surface area contributed by atoms with E-state index in [0.717, 1.165) is 19.3 Å². The zero-order valence-corrected chi connectivity index (χ0v) is 12.1. The Hall–Kier alpha value is -0.510. The van der Waals surface area contributed by atoms with Crippen molar-refractivity contribution in [3.05, 3.63) is 34.1 Å². The van der Waals surface area contributed by atoms with E-state index in [1.54, 1.807) is 6.07 Å². The molecule has 18 heavy (non-hydrogen) atoms. The smallest absolute Gasteiger partial charge is 0.207 e. The zero-order chi connectivity index (χ0) is 13.6. The maximum atomic E-state index is 13.6. The van der Waals surface area contributed by atoms with Gasteiger partial charge in [-0.1, -0.05) is 48.2 Å². The Morgan fingerprint density at radius 2 is 1.89 bits per heavy atom. The van der Waals surface area contributed by atoms with E-state index in [0.29, 0.717) is 10.9 Å². The van der Waals surface area contributed by atoms with Crippen molar-refractivity contribution in [1.29, 1.82) is 0 Å². The van der Waals surface area contributed by atoms with Crippen LogP contribution in [0, 0.1) is 5.82 Å². The summed E-state index contributed by atoms with van der Waals surface area (Å²) in [6, 6.07) is 4.23. The summed E-state index contributed by atoms with van der Waals surface area (Å²) in [7, 11) is 0. The van der Waals surface area contributed by atoms with Gasteiger partial charge < -0.3 is 0 Å². The molecule has 1 rings (SSSR count). The van der Waals surface area contributed by atoms with Crippen molar-refractivity contribution in [2.45, 2.75) is 51.4 Å². The summed E-state index contributed by atoms with van der Waals surface area (Å²) in [4.78, 5) is 0. The monoisotopic (exact) mass is 322 g/mol. The Balaban J connectivity index is 2.53. The summed E-state index contributed by atoms with van der Waals surface area (Å²) in [5.41, 5.74) is 0.0821. The van der Waals surface area contributed by atoms with Crippen LogP contribution in [-0.4, -0.2) is 5.92 Å². The van der Waals surface area contributed by atoms with Crippen molar-refractivity contribution in [2.24, 2.45) is 0 Å². The van der Waals surface area contributed by atoms with Crippen LogP contribution in [0.1, 0.15) is 44.6 Å². The van der Waals surface area contributed by atoms with E-state index in [1.807, 2.05) is 6.92 Å². The molecule has 0 radical (unpaired) electrons. The average molecular weight is 323 g/mol. The molecule has 0 aliphatic heterocycles. The quantitative estimate of drug-likeness (QED) is 0.562. The maximum absolute atomic E-state index is 13.6. The third-order valence-corrected chi connectivity index (χ3v) is 3.35. The minimum atomic E-state index is -2.82. The molecule has 0 aliphatic rings. The molecule has 1 aromatic carbocycles. The van der Waals surface area contributed by atoms with Gasteiger partial charge in [0.05, 0.1) is 0 Å². The lowest BCUT2D eigenvalue weighted by atomic mass is 10.0. The molecule has 0 fully saturated rings. The molecule has 0 heterocycles. The summed E-state index contributed by atoms with van der Waals surface area (Å²) in [5.74, 6) is -3.39. The Labute approximate surface area is 115 Å². The van der Waals surface area contributed by atoms with E-state index >= 15 is 0 Å². The number of hydrogen-bond donors (Lipinski definition) is 0. The van der Waals surface area contributed by atoms with Crippen molar-refractivity contribution in [3.63, 3.8) is 0 Å². The molecular weight excluding hydrogens is 305 g/mol. The molecule has 4 heteroatoms. The first-order valence-electron chi connectivity index (χ1n) is 6.26. The number of benzene rings is 1. The SMILES string of the molecule is CCCCCCC(F)(F)Cc1ccc(Br)cc1F. The molecular formula is C14H18BrF3. The molecule has 0 saturated heterocycles. The standard InChI is InChI=1S/C14H18BrF3/c1-2-3-4-5-8-14(17,18)10-11-6-7-12(15)9-13(11)16/h6-7,9H,2-5,8,10H2,1H3. The fourth-order valence-electron chi connectivity index (χ4n) is 1.84. The molecule has 0 aliphatic carbocycles. The van der Waals surface area contributed by atoms with E-state index in [1.165, 1.54) is 12.1 Å². The van der Waals surface area contributed by atoms with Crippen molar-refractivity contribution in [2.75, 3.05) is 0 Å². The van der Waals surface area contributed by atoms with Crippen LogP contribution in [0.25, 0.3) is 0 Å². The Kier molecular flexibility index (Phi) is 6.19. The number of rotatable bonds is 7. The summed E-state index contributed by atoms with van der Waals surface area (Å²) in [6.07, 6.45) is 2.63. The van der Waals surface area contributed by atoms with Crippen LogP contribution in [0.5, 0.6) is 0 Å². The highest BCUT2D eigenvalue weighted by atomic mass is 79.9. The molecule has 102 valence electrons. The van der Waals surface area contributed by atoms with Crippen LogP contribution in [0.4, 0.5) is 13.2 Å². The first-order valence-corrected chi connectivity index (χ1v) is 7.05. The third kappa shape index (κ3) is 5.42. The molecule has 0 N–H and O–H groups in total. The van der Waals surface area contributed by atoms with Gasteiger partial charge in [0.2, 0.25) is 0 Å². The second-order valence-electron chi connectivity index (χ2n) is 4.58. The number of halogens is 4. The normalized spacial score (nSPS) is 11.8. The van der Waals surface area contributed by atoms with Crippen molar-refractivity contribution in [3.8, 4) is 0 Å². The predicted molar refractivity (Wildman–Crippen MR) is 71.5 cm³/mol. The highest BCUT2D eigenvalue weighted by molar-refractivity contribution is 9.10. The van der Waals surface area contributed by atoms with Crippen LogP contribution in [-0.2, 0) is 6.42 Å². The highest BCUT2D eigenvalue weighted by Gasteiger charge is 2.29. The summed E-state index contributed by atoms with van der Waals surface area (Å²) in [6.45, 7) is 2.04. The van der Waals surface area contributed by atoms with Crippen LogP contribution < -0.4 is 0 Å². The van der Waals surface area contributed by atoms with Crippen LogP contribution >= 0.6 is 15.9 Å². The Morgan fingerprint density at radius 1 is 1.17 bits per heavy atom. The Bertz CT molecular complexity index is 377. The molecule has 0 saturated carbocycles. The van der Waals surface area contributed by atoms with Gasteiger partial charge in [-0.05, 0) is 24.1 Å². The molecule has 0 atom stereocenters. The Morgan fingerprint density at radius 3 is 2.50 bits per heavy atom. The van der Waals surface area contributed by atoms with Gasteiger partial charge in [-0.2, -0.15) is 0 Å². The van der Waals surface area contributed by atoms with Crippen molar-refractivity contribution in [1.82, 2.24) is 0 Å². The van der Waals surface area contributed by atoms with E-state index in [2.05, 4.69) is 15.9 Å². The van der Waals surface area contributed by atoms with E-state index in [-0.39, 0.29) is 12.0 Å².